The summed E-state index contributed by atoms with van der Waals surface area (Å²) in [5, 5.41) is 16.0. The first-order valence-corrected chi connectivity index (χ1v) is 11.0. The van der Waals surface area contributed by atoms with E-state index < -0.39 is 17.4 Å². The largest absolute Gasteiger partial charge is 0.507 e. The number of aromatic nitrogens is 2. The van der Waals surface area contributed by atoms with Crippen molar-refractivity contribution in [3.63, 3.8) is 0 Å². The first-order chi connectivity index (χ1) is 15.8. The van der Waals surface area contributed by atoms with Gasteiger partial charge in [0.25, 0.3) is 0 Å². The lowest BCUT2D eigenvalue weighted by molar-refractivity contribution is 0.0549. The van der Waals surface area contributed by atoms with Gasteiger partial charge in [-0.3, -0.25) is 0 Å². The number of hydrogen-bond acceptors (Lipinski definition) is 6. The zero-order valence-corrected chi connectivity index (χ0v) is 21.0. The van der Waals surface area contributed by atoms with Gasteiger partial charge in [-0.05, 0) is 34.6 Å². The van der Waals surface area contributed by atoms with Crippen molar-refractivity contribution in [3.8, 4) is 22.7 Å². The van der Waals surface area contributed by atoms with Gasteiger partial charge in [-0.1, -0.05) is 65.8 Å². The third-order valence-electron chi connectivity index (χ3n) is 5.69. The van der Waals surface area contributed by atoms with E-state index in [-0.39, 0.29) is 28.1 Å². The first kappa shape index (κ1) is 25.0. The lowest BCUT2D eigenvalue weighted by atomic mass is 9.78. The van der Waals surface area contributed by atoms with Gasteiger partial charge in [-0.25, -0.2) is 14.3 Å². The summed E-state index contributed by atoms with van der Waals surface area (Å²) in [6, 6.07) is 12.7. The highest BCUT2D eigenvalue weighted by Gasteiger charge is 2.34. The summed E-state index contributed by atoms with van der Waals surface area (Å²) < 4.78 is 11.4. The van der Waals surface area contributed by atoms with Crippen LogP contribution >= 0.6 is 0 Å². The van der Waals surface area contributed by atoms with Crippen molar-refractivity contribution in [2.24, 2.45) is 0 Å². The maximum Gasteiger partial charge on any atom is 0.357 e. The molecule has 0 amide bonds. The van der Waals surface area contributed by atoms with E-state index in [1.807, 2.05) is 39.0 Å². The van der Waals surface area contributed by atoms with Gasteiger partial charge in [0.05, 0.1) is 19.9 Å². The van der Waals surface area contributed by atoms with Crippen LogP contribution in [0.3, 0.4) is 0 Å². The lowest BCUT2D eigenvalue weighted by Gasteiger charge is -2.27. The maximum atomic E-state index is 13.0. The van der Waals surface area contributed by atoms with E-state index in [1.54, 1.807) is 24.3 Å². The minimum atomic E-state index is -0.754. The zero-order valence-electron chi connectivity index (χ0n) is 21.0. The molecule has 0 radical (unpaired) electrons. The van der Waals surface area contributed by atoms with Crippen LogP contribution in [0.25, 0.3) is 16.9 Å². The topological polar surface area (TPSA) is 90.6 Å². The molecular weight excluding hydrogens is 432 g/mol. The fourth-order valence-electron chi connectivity index (χ4n) is 3.76. The van der Waals surface area contributed by atoms with Crippen molar-refractivity contribution in [3.05, 3.63) is 64.8 Å². The number of methoxy groups -OCH3 is 2. The second-order valence-corrected chi connectivity index (χ2v) is 10.2. The van der Waals surface area contributed by atoms with Crippen LogP contribution in [0, 0.1) is 0 Å². The number of nitrogens with zero attached hydrogens (tertiary/aromatic N) is 2. The van der Waals surface area contributed by atoms with Crippen LogP contribution in [0.4, 0.5) is 0 Å². The molecule has 1 N–H and O–H groups in total. The van der Waals surface area contributed by atoms with E-state index in [0.717, 1.165) is 5.56 Å². The minimum Gasteiger partial charge on any atom is -0.507 e. The van der Waals surface area contributed by atoms with E-state index in [4.69, 9.17) is 9.47 Å². The van der Waals surface area contributed by atoms with E-state index >= 15 is 0 Å². The molecule has 0 saturated carbocycles. The van der Waals surface area contributed by atoms with Crippen LogP contribution in [-0.2, 0) is 20.3 Å². The van der Waals surface area contributed by atoms with Crippen molar-refractivity contribution >= 4 is 11.9 Å². The summed E-state index contributed by atoms with van der Waals surface area (Å²) in [5.41, 5.74) is 1.92. The van der Waals surface area contributed by atoms with E-state index in [0.29, 0.717) is 16.8 Å². The molecule has 180 valence electrons. The smallest absolute Gasteiger partial charge is 0.357 e. The van der Waals surface area contributed by atoms with E-state index in [1.165, 1.54) is 18.9 Å². The average Bonchev–Trinajstić information content (AvgIpc) is 3.17. The molecule has 7 nitrogen and oxygen atoms in total. The highest BCUT2D eigenvalue weighted by molar-refractivity contribution is 6.07. The number of esters is 2. The van der Waals surface area contributed by atoms with Crippen molar-refractivity contribution < 1.29 is 24.2 Å². The molecule has 0 spiro atoms. The average molecular weight is 465 g/mol. The SMILES string of the molecule is COC(=O)c1c(-c2cc(C(C)(C)C)cc(C(C)(C)C)c2O)nn(-c2ccccc2)c1C(=O)OC. The van der Waals surface area contributed by atoms with E-state index in [9.17, 15) is 14.7 Å². The number of benzene rings is 2. The quantitative estimate of drug-likeness (QED) is 0.519. The summed E-state index contributed by atoms with van der Waals surface area (Å²) in [6.07, 6.45) is 0. The predicted octanol–water partition coefficient (Wildman–Crippen LogP) is 5.41. The molecule has 3 rings (SSSR count). The molecule has 0 fully saturated rings. The van der Waals surface area contributed by atoms with Crippen molar-refractivity contribution in [1.29, 1.82) is 0 Å². The summed E-state index contributed by atoms with van der Waals surface area (Å²) >= 11 is 0. The Bertz CT molecular complexity index is 1230. The van der Waals surface area contributed by atoms with Gasteiger partial charge >= 0.3 is 11.9 Å². The highest BCUT2D eigenvalue weighted by Crippen LogP contribution is 2.43. The van der Waals surface area contributed by atoms with Gasteiger partial charge in [0.1, 0.15) is 17.0 Å². The Morgan fingerprint density at radius 2 is 1.47 bits per heavy atom. The molecule has 0 aliphatic carbocycles. The molecule has 0 aliphatic heterocycles. The first-order valence-electron chi connectivity index (χ1n) is 11.0. The summed E-state index contributed by atoms with van der Waals surface area (Å²) in [5.74, 6) is -1.50. The van der Waals surface area contributed by atoms with E-state index in [2.05, 4.69) is 25.9 Å². The molecule has 0 atom stereocenters. The van der Waals surface area contributed by atoms with Crippen molar-refractivity contribution in [2.45, 2.75) is 52.4 Å². The molecular formula is C27H32N2O5. The van der Waals surface area contributed by atoms with Gasteiger partial charge in [0.2, 0.25) is 0 Å². The maximum absolute atomic E-state index is 13.0. The normalized spacial score (nSPS) is 11.9. The molecule has 3 aromatic rings. The van der Waals surface area contributed by atoms with Gasteiger partial charge in [0.15, 0.2) is 5.69 Å². The number of aromatic hydroxyl groups is 1. The fraction of sp³-hybridized carbons (Fsp3) is 0.370. The van der Waals surface area contributed by atoms with Gasteiger partial charge in [-0.2, -0.15) is 5.10 Å². The minimum absolute atomic E-state index is 0.000203. The number of rotatable bonds is 4. The molecule has 0 unspecified atom stereocenters. The summed E-state index contributed by atoms with van der Waals surface area (Å²) in [7, 11) is 2.47. The molecule has 34 heavy (non-hydrogen) atoms. The predicted molar refractivity (Wildman–Crippen MR) is 131 cm³/mol. The number of phenolic OH excluding ortho intramolecular Hbond substituents is 1. The van der Waals surface area contributed by atoms with Crippen LogP contribution in [0.1, 0.15) is 73.5 Å². The zero-order chi connectivity index (χ0) is 25.4. The number of carbonyl (C=O) groups is 2. The van der Waals surface area contributed by atoms with Crippen LogP contribution in [0.2, 0.25) is 0 Å². The Kier molecular flexibility index (Phi) is 6.60. The second kappa shape index (κ2) is 8.97. The number of hydrogen-bond donors (Lipinski definition) is 1. The number of para-hydroxylation sites is 1. The Morgan fingerprint density at radius 3 is 1.97 bits per heavy atom. The molecule has 7 heteroatoms. The monoisotopic (exact) mass is 464 g/mol. The molecule has 0 bridgehead atoms. The summed E-state index contributed by atoms with van der Waals surface area (Å²) in [6.45, 7) is 12.2. The van der Waals surface area contributed by atoms with Gasteiger partial charge in [-0.15, -0.1) is 0 Å². The number of carbonyl (C=O) groups excluding carboxylic acids is 2. The second-order valence-electron chi connectivity index (χ2n) is 10.2. The lowest BCUT2D eigenvalue weighted by Crippen LogP contribution is -2.17. The van der Waals surface area contributed by atoms with Crippen LogP contribution in [0.15, 0.2) is 42.5 Å². The van der Waals surface area contributed by atoms with Crippen LogP contribution < -0.4 is 0 Å². The van der Waals surface area contributed by atoms with Crippen LogP contribution in [0.5, 0.6) is 5.75 Å². The van der Waals surface area contributed by atoms with Gasteiger partial charge < -0.3 is 14.6 Å². The Hall–Kier alpha value is -3.61. The Balaban J connectivity index is 2.50. The summed E-state index contributed by atoms with van der Waals surface area (Å²) in [4.78, 5) is 25.9. The number of ether oxygens (including phenoxy) is 2. The third kappa shape index (κ3) is 4.55. The van der Waals surface area contributed by atoms with Gasteiger partial charge in [0, 0.05) is 11.1 Å². The molecule has 2 aromatic carbocycles. The fourth-order valence-corrected chi connectivity index (χ4v) is 3.76. The molecule has 0 saturated heterocycles. The Labute approximate surface area is 200 Å². The van der Waals surface area contributed by atoms with Crippen LogP contribution in [-0.4, -0.2) is 41.0 Å². The van der Waals surface area contributed by atoms with Crippen molar-refractivity contribution in [2.75, 3.05) is 14.2 Å². The Morgan fingerprint density at radius 1 is 0.882 bits per heavy atom. The standard InChI is InChI=1S/C27H32N2O5/c1-26(2,3)16-14-18(23(30)19(15-16)27(4,5)6)21-20(24(31)33-7)22(25(32)34-8)29(28-21)17-12-10-9-11-13-17/h9-15,30H,1-8H3. The van der Waals surface area contributed by atoms with Crippen molar-refractivity contribution in [1.82, 2.24) is 9.78 Å². The molecule has 1 heterocycles. The third-order valence-corrected chi connectivity index (χ3v) is 5.69. The highest BCUT2D eigenvalue weighted by atomic mass is 16.5. The molecule has 0 aliphatic rings. The number of phenols is 1. The molecule has 1 aromatic heterocycles.